The molecule has 1 heterocycles. The molecule has 1 amide bonds. The second-order valence-electron chi connectivity index (χ2n) is 9.23. The van der Waals surface area contributed by atoms with Crippen LogP contribution in [0.3, 0.4) is 0 Å². The van der Waals surface area contributed by atoms with Crippen LogP contribution in [0.25, 0.3) is 11.0 Å². The van der Waals surface area contributed by atoms with Crippen molar-refractivity contribution in [1.29, 1.82) is 0 Å². The van der Waals surface area contributed by atoms with E-state index < -0.39 is 0 Å². The third-order valence-corrected chi connectivity index (χ3v) is 6.36. The van der Waals surface area contributed by atoms with Gasteiger partial charge in [0.05, 0.1) is 11.0 Å². The Labute approximate surface area is 199 Å². The number of aromatic nitrogens is 2. The number of carbonyl (C=O) groups excluding carboxylic acids is 1. The number of carbonyl (C=O) groups is 1. The van der Waals surface area contributed by atoms with Crippen molar-refractivity contribution >= 4 is 16.9 Å². The summed E-state index contributed by atoms with van der Waals surface area (Å²) in [5.74, 6) is 1.24. The molecule has 4 heteroatoms. The summed E-state index contributed by atoms with van der Waals surface area (Å²) >= 11 is 0. The molecule has 0 saturated carbocycles. The quantitative estimate of drug-likeness (QED) is 0.250. The fourth-order valence-electron chi connectivity index (χ4n) is 4.47. The highest BCUT2D eigenvalue weighted by molar-refractivity contribution is 5.94. The van der Waals surface area contributed by atoms with Crippen molar-refractivity contribution in [3.05, 3.63) is 65.5 Å². The molecular weight excluding hydrogens is 406 g/mol. The topological polar surface area (TPSA) is 46.9 Å². The summed E-state index contributed by atoms with van der Waals surface area (Å²) in [4.78, 5) is 17.2. The van der Waals surface area contributed by atoms with Crippen LogP contribution in [-0.2, 0) is 13.0 Å². The molecule has 0 fully saturated rings. The molecule has 0 saturated heterocycles. The minimum Gasteiger partial charge on any atom is -0.352 e. The molecular formula is C29H41N3O. The van der Waals surface area contributed by atoms with Gasteiger partial charge in [0, 0.05) is 25.1 Å². The Morgan fingerprint density at radius 2 is 1.64 bits per heavy atom. The van der Waals surface area contributed by atoms with Crippen LogP contribution in [0.2, 0.25) is 0 Å². The van der Waals surface area contributed by atoms with Gasteiger partial charge >= 0.3 is 0 Å². The average Bonchev–Trinajstić information content (AvgIpc) is 3.18. The maximum atomic E-state index is 12.3. The highest BCUT2D eigenvalue weighted by Gasteiger charge is 2.10. The van der Waals surface area contributed by atoms with E-state index in [1.807, 2.05) is 31.2 Å². The molecule has 0 aliphatic rings. The van der Waals surface area contributed by atoms with E-state index in [4.69, 9.17) is 4.98 Å². The van der Waals surface area contributed by atoms with Gasteiger partial charge in [-0.2, -0.15) is 0 Å². The average molecular weight is 448 g/mol. The van der Waals surface area contributed by atoms with Crippen molar-refractivity contribution in [1.82, 2.24) is 14.9 Å². The summed E-state index contributed by atoms with van der Waals surface area (Å²) in [6.07, 6.45) is 13.5. The lowest BCUT2D eigenvalue weighted by molar-refractivity contribution is 0.0953. The lowest BCUT2D eigenvalue weighted by atomic mass is 10.1. The molecule has 3 aromatic rings. The van der Waals surface area contributed by atoms with Gasteiger partial charge in [-0.1, -0.05) is 81.7 Å². The number of nitrogens with one attached hydrogen (secondary N) is 1. The second kappa shape index (κ2) is 13.8. The maximum absolute atomic E-state index is 12.3. The summed E-state index contributed by atoms with van der Waals surface area (Å²) < 4.78 is 2.45. The molecule has 1 N–H and O–H groups in total. The van der Waals surface area contributed by atoms with Crippen LogP contribution in [0, 0.1) is 6.92 Å². The first-order valence-corrected chi connectivity index (χ1v) is 13.0. The van der Waals surface area contributed by atoms with Gasteiger partial charge < -0.3 is 9.88 Å². The summed E-state index contributed by atoms with van der Waals surface area (Å²) in [6.45, 7) is 6.07. The zero-order valence-corrected chi connectivity index (χ0v) is 20.6. The van der Waals surface area contributed by atoms with Crippen LogP contribution in [0.15, 0.2) is 48.5 Å². The Balaban J connectivity index is 1.42. The maximum Gasteiger partial charge on any atom is 0.251 e. The molecule has 4 nitrogen and oxygen atoms in total. The largest absolute Gasteiger partial charge is 0.352 e. The number of imidazole rings is 1. The molecule has 3 rings (SSSR count). The van der Waals surface area contributed by atoms with Gasteiger partial charge in [-0.15, -0.1) is 0 Å². The smallest absolute Gasteiger partial charge is 0.251 e. The van der Waals surface area contributed by atoms with Gasteiger partial charge in [0.25, 0.3) is 5.91 Å². The Kier molecular flexibility index (Phi) is 10.5. The van der Waals surface area contributed by atoms with Crippen molar-refractivity contribution in [2.75, 3.05) is 6.54 Å². The third kappa shape index (κ3) is 8.03. The molecule has 0 atom stereocenters. The van der Waals surface area contributed by atoms with E-state index in [1.54, 1.807) is 0 Å². The lowest BCUT2D eigenvalue weighted by Crippen LogP contribution is -2.24. The van der Waals surface area contributed by atoms with Crippen LogP contribution in [0.1, 0.15) is 92.9 Å². The van der Waals surface area contributed by atoms with Crippen molar-refractivity contribution in [3.63, 3.8) is 0 Å². The number of fused-ring (bicyclic) bond motifs is 1. The van der Waals surface area contributed by atoms with Crippen molar-refractivity contribution in [3.8, 4) is 0 Å². The number of hydrogen-bond acceptors (Lipinski definition) is 2. The van der Waals surface area contributed by atoms with Gasteiger partial charge in [-0.05, 0) is 50.5 Å². The van der Waals surface area contributed by atoms with Crippen LogP contribution in [0.4, 0.5) is 0 Å². The third-order valence-electron chi connectivity index (χ3n) is 6.36. The van der Waals surface area contributed by atoms with E-state index in [0.717, 1.165) is 55.4 Å². The van der Waals surface area contributed by atoms with E-state index in [0.29, 0.717) is 0 Å². The number of rotatable bonds is 15. The SMILES string of the molecule is CCCCCCCCCn1c(CCCCCNC(=O)c2cccc(C)c2)nc2ccccc21. The van der Waals surface area contributed by atoms with Crippen LogP contribution < -0.4 is 5.32 Å². The summed E-state index contributed by atoms with van der Waals surface area (Å²) in [6, 6.07) is 16.3. The summed E-state index contributed by atoms with van der Waals surface area (Å²) in [5.41, 5.74) is 4.24. The number of unbranched alkanes of at least 4 members (excludes halogenated alkanes) is 8. The lowest BCUT2D eigenvalue weighted by Gasteiger charge is -2.10. The van der Waals surface area contributed by atoms with E-state index in [2.05, 4.69) is 41.1 Å². The number of amides is 1. The number of aryl methyl sites for hydroxylation is 3. The van der Waals surface area contributed by atoms with E-state index >= 15 is 0 Å². The van der Waals surface area contributed by atoms with Gasteiger partial charge in [-0.3, -0.25) is 4.79 Å². The van der Waals surface area contributed by atoms with Gasteiger partial charge in [-0.25, -0.2) is 4.98 Å². The van der Waals surface area contributed by atoms with Gasteiger partial charge in [0.2, 0.25) is 0 Å². The minimum atomic E-state index is 0.0233. The Bertz CT molecular complexity index is 991. The number of hydrogen-bond donors (Lipinski definition) is 1. The molecule has 2 aromatic carbocycles. The molecule has 178 valence electrons. The number of nitrogens with zero attached hydrogens (tertiary/aromatic N) is 2. The van der Waals surface area contributed by atoms with Crippen molar-refractivity contribution in [2.24, 2.45) is 0 Å². The predicted octanol–water partition coefficient (Wildman–Crippen LogP) is 7.24. The normalized spacial score (nSPS) is 11.2. The summed E-state index contributed by atoms with van der Waals surface area (Å²) in [7, 11) is 0. The standard InChI is InChI=1S/C29H41N3O/c1-3-4-5-6-7-8-14-22-32-27-19-12-11-18-26(27)31-28(32)20-10-9-13-21-30-29(33)25-17-15-16-24(2)23-25/h11-12,15-19,23H,3-10,13-14,20-22H2,1-2H3,(H,30,33). The monoisotopic (exact) mass is 447 g/mol. The Hall–Kier alpha value is -2.62. The van der Waals surface area contributed by atoms with Crippen molar-refractivity contribution in [2.45, 2.75) is 91.0 Å². The first-order valence-electron chi connectivity index (χ1n) is 13.0. The Morgan fingerprint density at radius 3 is 2.45 bits per heavy atom. The molecule has 33 heavy (non-hydrogen) atoms. The number of benzene rings is 2. The van der Waals surface area contributed by atoms with Gasteiger partial charge in [0.15, 0.2) is 0 Å². The van der Waals surface area contributed by atoms with Crippen molar-refractivity contribution < 1.29 is 4.79 Å². The first kappa shape index (κ1) is 25.0. The molecule has 0 radical (unpaired) electrons. The second-order valence-corrected chi connectivity index (χ2v) is 9.23. The molecule has 0 bridgehead atoms. The Morgan fingerprint density at radius 1 is 0.879 bits per heavy atom. The first-order chi connectivity index (χ1) is 16.2. The fraction of sp³-hybridized carbons (Fsp3) is 0.517. The molecule has 0 spiro atoms. The number of para-hydroxylation sites is 2. The van der Waals surface area contributed by atoms with E-state index in [1.165, 1.54) is 56.3 Å². The van der Waals surface area contributed by atoms with Gasteiger partial charge in [0.1, 0.15) is 5.82 Å². The highest BCUT2D eigenvalue weighted by Crippen LogP contribution is 2.19. The minimum absolute atomic E-state index is 0.0233. The predicted molar refractivity (Wildman–Crippen MR) is 139 cm³/mol. The molecule has 1 aromatic heterocycles. The van der Waals surface area contributed by atoms with Crippen LogP contribution in [-0.4, -0.2) is 22.0 Å². The zero-order valence-electron chi connectivity index (χ0n) is 20.6. The van der Waals surface area contributed by atoms with E-state index in [9.17, 15) is 4.79 Å². The van der Waals surface area contributed by atoms with E-state index in [-0.39, 0.29) is 5.91 Å². The molecule has 0 aliphatic carbocycles. The summed E-state index contributed by atoms with van der Waals surface area (Å²) in [5, 5.41) is 3.05. The molecule has 0 unspecified atom stereocenters. The molecule has 0 aliphatic heterocycles. The van der Waals surface area contributed by atoms with Crippen LogP contribution >= 0.6 is 0 Å². The fourth-order valence-corrected chi connectivity index (χ4v) is 4.47. The van der Waals surface area contributed by atoms with Crippen LogP contribution in [0.5, 0.6) is 0 Å². The highest BCUT2D eigenvalue weighted by atomic mass is 16.1. The zero-order chi connectivity index (χ0) is 23.3.